The van der Waals surface area contributed by atoms with Gasteiger partial charge >= 0.3 is 5.97 Å². The molecule has 0 aliphatic heterocycles. The van der Waals surface area contributed by atoms with Crippen LogP contribution in [0.1, 0.15) is 47.7 Å². The molecule has 0 saturated heterocycles. The zero-order chi connectivity index (χ0) is 16.0. The van der Waals surface area contributed by atoms with Crippen molar-refractivity contribution in [2.75, 3.05) is 6.54 Å². The third-order valence-corrected chi connectivity index (χ3v) is 3.54. The summed E-state index contributed by atoms with van der Waals surface area (Å²) in [6, 6.07) is 0. The van der Waals surface area contributed by atoms with Crippen molar-refractivity contribution in [3.63, 3.8) is 0 Å². The van der Waals surface area contributed by atoms with Crippen LogP contribution in [0.2, 0.25) is 0 Å². The maximum Gasteiger partial charge on any atom is 0.311 e. The molecular formula is C13H18N4O4. The summed E-state index contributed by atoms with van der Waals surface area (Å²) in [5, 5.41) is 11.8. The van der Waals surface area contributed by atoms with E-state index in [1.807, 2.05) is 0 Å². The number of carboxylic acids is 1. The van der Waals surface area contributed by atoms with E-state index in [1.54, 1.807) is 13.8 Å². The fourth-order valence-electron chi connectivity index (χ4n) is 1.90. The SMILES string of the molecule is CCC(CC)(CNC(=O)c1nccnc1C(N)=O)C(=O)O. The Hall–Kier alpha value is -2.51. The van der Waals surface area contributed by atoms with Crippen LogP contribution in [0, 0.1) is 5.41 Å². The number of carbonyl (C=O) groups excluding carboxylic acids is 2. The number of hydrogen-bond acceptors (Lipinski definition) is 5. The van der Waals surface area contributed by atoms with Gasteiger partial charge in [-0.2, -0.15) is 0 Å². The van der Waals surface area contributed by atoms with E-state index in [2.05, 4.69) is 15.3 Å². The highest BCUT2D eigenvalue weighted by Gasteiger charge is 2.35. The van der Waals surface area contributed by atoms with Crippen molar-refractivity contribution in [3.8, 4) is 0 Å². The average Bonchev–Trinajstić information content (AvgIpc) is 2.48. The van der Waals surface area contributed by atoms with Crippen LogP contribution < -0.4 is 11.1 Å². The molecule has 114 valence electrons. The molecule has 4 N–H and O–H groups in total. The Morgan fingerprint density at radius 1 is 1.19 bits per heavy atom. The molecule has 2 amide bonds. The van der Waals surface area contributed by atoms with Crippen molar-refractivity contribution in [3.05, 3.63) is 23.8 Å². The molecular weight excluding hydrogens is 276 g/mol. The van der Waals surface area contributed by atoms with Gasteiger partial charge in [0.2, 0.25) is 0 Å². The number of aliphatic carboxylic acids is 1. The molecule has 0 fully saturated rings. The monoisotopic (exact) mass is 294 g/mol. The number of nitrogens with one attached hydrogen (secondary N) is 1. The molecule has 0 aromatic carbocycles. The second kappa shape index (κ2) is 6.78. The second-order valence-corrected chi connectivity index (χ2v) is 4.59. The molecule has 1 heterocycles. The summed E-state index contributed by atoms with van der Waals surface area (Å²) in [5.41, 5.74) is 3.61. The van der Waals surface area contributed by atoms with Gasteiger partial charge in [0.25, 0.3) is 11.8 Å². The van der Waals surface area contributed by atoms with Crippen LogP contribution in [0.4, 0.5) is 0 Å². The molecule has 0 spiro atoms. The smallest absolute Gasteiger partial charge is 0.311 e. The van der Waals surface area contributed by atoms with Crippen molar-refractivity contribution in [2.24, 2.45) is 11.1 Å². The molecule has 0 unspecified atom stereocenters. The molecule has 0 saturated carbocycles. The van der Waals surface area contributed by atoms with Crippen LogP contribution in [0.5, 0.6) is 0 Å². The topological polar surface area (TPSA) is 135 Å². The number of hydrogen-bond donors (Lipinski definition) is 3. The third kappa shape index (κ3) is 3.53. The Labute approximate surface area is 121 Å². The fourth-order valence-corrected chi connectivity index (χ4v) is 1.90. The van der Waals surface area contributed by atoms with Crippen molar-refractivity contribution in [2.45, 2.75) is 26.7 Å². The van der Waals surface area contributed by atoms with E-state index < -0.39 is 23.2 Å². The fraction of sp³-hybridized carbons (Fsp3) is 0.462. The number of aromatic nitrogens is 2. The highest BCUT2D eigenvalue weighted by atomic mass is 16.4. The normalized spacial score (nSPS) is 11.0. The zero-order valence-electron chi connectivity index (χ0n) is 11.9. The van der Waals surface area contributed by atoms with Crippen LogP contribution in [0.25, 0.3) is 0 Å². The van der Waals surface area contributed by atoms with Gasteiger partial charge in [-0.3, -0.25) is 14.4 Å². The van der Waals surface area contributed by atoms with Crippen molar-refractivity contribution in [1.29, 1.82) is 0 Å². The van der Waals surface area contributed by atoms with Gasteiger partial charge in [-0.15, -0.1) is 0 Å². The number of primary amides is 1. The average molecular weight is 294 g/mol. The van der Waals surface area contributed by atoms with Gasteiger partial charge in [0.15, 0.2) is 11.4 Å². The highest BCUT2D eigenvalue weighted by Crippen LogP contribution is 2.25. The summed E-state index contributed by atoms with van der Waals surface area (Å²) in [6.45, 7) is 3.41. The summed E-state index contributed by atoms with van der Waals surface area (Å²) in [6.07, 6.45) is 3.23. The maximum atomic E-state index is 12.1. The lowest BCUT2D eigenvalue weighted by atomic mass is 9.82. The molecule has 0 atom stereocenters. The summed E-state index contributed by atoms with van der Waals surface area (Å²) < 4.78 is 0. The zero-order valence-corrected chi connectivity index (χ0v) is 11.9. The van der Waals surface area contributed by atoms with E-state index in [0.29, 0.717) is 12.8 Å². The molecule has 1 aromatic heterocycles. The number of carbonyl (C=O) groups is 3. The molecule has 1 aromatic rings. The largest absolute Gasteiger partial charge is 0.481 e. The number of rotatable bonds is 7. The van der Waals surface area contributed by atoms with Crippen LogP contribution in [-0.2, 0) is 4.79 Å². The first kappa shape index (κ1) is 16.5. The molecule has 0 aliphatic carbocycles. The Morgan fingerprint density at radius 3 is 2.14 bits per heavy atom. The molecule has 8 nitrogen and oxygen atoms in total. The van der Waals surface area contributed by atoms with E-state index in [0.717, 1.165) is 0 Å². The van der Waals surface area contributed by atoms with E-state index in [9.17, 15) is 19.5 Å². The van der Waals surface area contributed by atoms with Crippen LogP contribution in [0.3, 0.4) is 0 Å². The van der Waals surface area contributed by atoms with Crippen LogP contribution >= 0.6 is 0 Å². The maximum absolute atomic E-state index is 12.1. The van der Waals surface area contributed by atoms with E-state index in [-0.39, 0.29) is 17.9 Å². The first-order chi connectivity index (χ1) is 9.88. The third-order valence-electron chi connectivity index (χ3n) is 3.54. The Balaban J connectivity index is 2.92. The first-order valence-corrected chi connectivity index (χ1v) is 6.50. The van der Waals surface area contributed by atoms with Gasteiger partial charge in [0, 0.05) is 18.9 Å². The molecule has 21 heavy (non-hydrogen) atoms. The lowest BCUT2D eigenvalue weighted by Crippen LogP contribution is -2.43. The second-order valence-electron chi connectivity index (χ2n) is 4.59. The molecule has 0 bridgehead atoms. The Bertz CT molecular complexity index is 555. The minimum absolute atomic E-state index is 0.0665. The predicted octanol–water partition coefficient (Wildman–Crippen LogP) is 0.196. The highest BCUT2D eigenvalue weighted by molar-refractivity contribution is 6.04. The van der Waals surface area contributed by atoms with Gasteiger partial charge in [0.05, 0.1) is 5.41 Å². The number of amides is 2. The van der Waals surface area contributed by atoms with Crippen LogP contribution in [0.15, 0.2) is 12.4 Å². The summed E-state index contributed by atoms with van der Waals surface area (Å²) in [5.74, 6) is -2.53. The van der Waals surface area contributed by atoms with E-state index in [4.69, 9.17) is 5.73 Å². The molecule has 0 radical (unpaired) electrons. The standard InChI is InChI=1S/C13H18N4O4/c1-3-13(4-2,12(20)21)7-17-11(19)9-8(10(14)18)15-5-6-16-9/h5-6H,3-4,7H2,1-2H3,(H2,14,18)(H,17,19)(H,20,21). The van der Waals surface area contributed by atoms with Crippen LogP contribution in [-0.4, -0.2) is 39.4 Å². The number of nitrogens with zero attached hydrogens (tertiary/aromatic N) is 2. The van der Waals surface area contributed by atoms with Gasteiger partial charge in [-0.25, -0.2) is 9.97 Å². The Morgan fingerprint density at radius 2 is 1.71 bits per heavy atom. The lowest BCUT2D eigenvalue weighted by molar-refractivity contribution is -0.149. The van der Waals surface area contributed by atoms with Gasteiger partial charge in [-0.1, -0.05) is 13.8 Å². The minimum Gasteiger partial charge on any atom is -0.481 e. The van der Waals surface area contributed by atoms with Gasteiger partial charge < -0.3 is 16.2 Å². The number of nitrogens with two attached hydrogens (primary N) is 1. The van der Waals surface area contributed by atoms with Gasteiger partial charge in [0.1, 0.15) is 0 Å². The molecule has 1 rings (SSSR count). The van der Waals surface area contributed by atoms with Crippen molar-refractivity contribution in [1.82, 2.24) is 15.3 Å². The number of carboxylic acid groups (broad SMARTS) is 1. The summed E-state index contributed by atoms with van der Waals surface area (Å²) in [7, 11) is 0. The van der Waals surface area contributed by atoms with Crippen molar-refractivity contribution < 1.29 is 19.5 Å². The lowest BCUT2D eigenvalue weighted by Gasteiger charge is -2.26. The first-order valence-electron chi connectivity index (χ1n) is 6.50. The van der Waals surface area contributed by atoms with E-state index >= 15 is 0 Å². The van der Waals surface area contributed by atoms with Gasteiger partial charge in [-0.05, 0) is 12.8 Å². The molecule has 8 heteroatoms. The summed E-state index contributed by atoms with van der Waals surface area (Å²) in [4.78, 5) is 42.1. The minimum atomic E-state index is -1.05. The predicted molar refractivity (Wildman–Crippen MR) is 73.5 cm³/mol. The quantitative estimate of drug-likeness (QED) is 0.657. The van der Waals surface area contributed by atoms with Crippen molar-refractivity contribution >= 4 is 17.8 Å². The molecule has 0 aliphatic rings. The summed E-state index contributed by atoms with van der Waals surface area (Å²) >= 11 is 0. The Kier molecular flexibility index (Phi) is 5.34. The van der Waals surface area contributed by atoms with E-state index in [1.165, 1.54) is 12.4 Å².